The zero-order valence-electron chi connectivity index (χ0n) is 7.60. The summed E-state index contributed by atoms with van der Waals surface area (Å²) < 4.78 is 0.869. The van der Waals surface area contributed by atoms with E-state index in [-0.39, 0.29) is 17.9 Å². The number of nitrogens with two attached hydrogens (primary N) is 1. The van der Waals surface area contributed by atoms with Crippen molar-refractivity contribution < 1.29 is 5.11 Å². The highest BCUT2D eigenvalue weighted by molar-refractivity contribution is 8.01. The van der Waals surface area contributed by atoms with Gasteiger partial charge in [0.2, 0.25) is 0 Å². The molecule has 0 saturated carbocycles. The Morgan fingerprint density at radius 1 is 1.62 bits per heavy atom. The predicted molar refractivity (Wildman–Crippen MR) is 55.0 cm³/mol. The van der Waals surface area contributed by atoms with E-state index in [9.17, 15) is 0 Å². The van der Waals surface area contributed by atoms with E-state index >= 15 is 0 Å². The first kappa shape index (κ1) is 10.9. The molecule has 2 unspecified atom stereocenters. The molecule has 0 spiro atoms. The lowest BCUT2D eigenvalue weighted by atomic mass is 10.3. The van der Waals surface area contributed by atoms with Gasteiger partial charge in [-0.2, -0.15) is 0 Å². The molecule has 1 aromatic heterocycles. The minimum atomic E-state index is -0.0424. The molecule has 1 heterocycles. The van der Waals surface area contributed by atoms with Crippen LogP contribution < -0.4 is 5.73 Å². The lowest BCUT2D eigenvalue weighted by Crippen LogP contribution is -2.31. The van der Waals surface area contributed by atoms with Crippen molar-refractivity contribution >= 4 is 23.1 Å². The van der Waals surface area contributed by atoms with Gasteiger partial charge in [-0.15, -0.1) is 10.2 Å². The van der Waals surface area contributed by atoms with Gasteiger partial charge in [0.05, 0.1) is 6.61 Å². The molecule has 13 heavy (non-hydrogen) atoms. The van der Waals surface area contributed by atoms with Gasteiger partial charge in [0.1, 0.15) is 5.01 Å². The van der Waals surface area contributed by atoms with Crippen LogP contribution in [0.25, 0.3) is 0 Å². The van der Waals surface area contributed by atoms with Crippen LogP contribution in [0, 0.1) is 6.92 Å². The molecule has 0 aliphatic rings. The van der Waals surface area contributed by atoms with Crippen molar-refractivity contribution in [3.63, 3.8) is 0 Å². The van der Waals surface area contributed by atoms with Gasteiger partial charge >= 0.3 is 0 Å². The Bertz CT molecular complexity index is 264. The Kier molecular flexibility index (Phi) is 4.11. The van der Waals surface area contributed by atoms with Gasteiger partial charge < -0.3 is 10.8 Å². The molecule has 3 N–H and O–H groups in total. The molecule has 74 valence electrons. The van der Waals surface area contributed by atoms with E-state index in [0.29, 0.717) is 0 Å². The number of aliphatic hydroxyl groups excluding tert-OH is 1. The first-order valence-corrected chi connectivity index (χ1v) is 5.66. The fourth-order valence-electron chi connectivity index (χ4n) is 0.766. The van der Waals surface area contributed by atoms with Gasteiger partial charge in [-0.3, -0.25) is 0 Å². The zero-order chi connectivity index (χ0) is 9.84. The Hall–Kier alpha value is -0.170. The fraction of sp³-hybridized carbons (Fsp3) is 0.714. The summed E-state index contributed by atoms with van der Waals surface area (Å²) in [5.41, 5.74) is 5.68. The number of thioether (sulfide) groups is 1. The second-order valence-corrected chi connectivity index (χ2v) is 5.45. The summed E-state index contributed by atoms with van der Waals surface area (Å²) in [6.07, 6.45) is 0. The summed E-state index contributed by atoms with van der Waals surface area (Å²) in [6, 6.07) is -0.0424. The van der Waals surface area contributed by atoms with Crippen LogP contribution in [-0.4, -0.2) is 33.2 Å². The van der Waals surface area contributed by atoms with E-state index in [1.165, 1.54) is 23.1 Å². The maximum atomic E-state index is 9.02. The third-order valence-electron chi connectivity index (χ3n) is 1.53. The molecule has 6 heteroatoms. The van der Waals surface area contributed by atoms with E-state index in [1.54, 1.807) is 0 Å². The van der Waals surface area contributed by atoms with Crippen LogP contribution in [0.4, 0.5) is 0 Å². The smallest absolute Gasteiger partial charge is 0.174 e. The van der Waals surface area contributed by atoms with Gasteiger partial charge in [-0.1, -0.05) is 23.1 Å². The first-order chi connectivity index (χ1) is 6.13. The molecule has 0 radical (unpaired) electrons. The predicted octanol–water partition coefficient (Wildman–Crippen LogP) is 0.647. The molecule has 0 amide bonds. The van der Waals surface area contributed by atoms with Crippen molar-refractivity contribution in [3.8, 4) is 0 Å². The molecule has 0 aromatic carbocycles. The standard InChI is InChI=1S/C7H13N3OS2/c1-4(8)6(3-11)13-7-10-9-5(2)12-7/h4,6,11H,3,8H2,1-2H3. The maximum absolute atomic E-state index is 9.02. The molecule has 0 bridgehead atoms. The van der Waals surface area contributed by atoms with E-state index in [2.05, 4.69) is 10.2 Å². The molecular weight excluding hydrogens is 206 g/mol. The number of aliphatic hydroxyl groups is 1. The van der Waals surface area contributed by atoms with Crippen LogP contribution in [0.2, 0.25) is 0 Å². The average Bonchev–Trinajstić information content (AvgIpc) is 2.46. The lowest BCUT2D eigenvalue weighted by Gasteiger charge is -2.14. The van der Waals surface area contributed by atoms with Crippen molar-refractivity contribution in [1.82, 2.24) is 10.2 Å². The highest BCUT2D eigenvalue weighted by Crippen LogP contribution is 2.27. The highest BCUT2D eigenvalue weighted by Gasteiger charge is 2.16. The van der Waals surface area contributed by atoms with Gasteiger partial charge in [-0.05, 0) is 13.8 Å². The summed E-state index contributed by atoms with van der Waals surface area (Å²) in [7, 11) is 0. The van der Waals surface area contributed by atoms with Crippen LogP contribution in [0.5, 0.6) is 0 Å². The van der Waals surface area contributed by atoms with Crippen molar-refractivity contribution in [3.05, 3.63) is 5.01 Å². The molecule has 2 atom stereocenters. The second-order valence-electron chi connectivity index (χ2n) is 2.78. The Morgan fingerprint density at radius 2 is 2.31 bits per heavy atom. The topological polar surface area (TPSA) is 72.0 Å². The Labute approximate surface area is 85.6 Å². The molecule has 0 saturated heterocycles. The van der Waals surface area contributed by atoms with Crippen molar-refractivity contribution in [1.29, 1.82) is 0 Å². The largest absolute Gasteiger partial charge is 0.395 e. The minimum absolute atomic E-state index is 0.00681. The summed E-state index contributed by atoms with van der Waals surface area (Å²) in [6.45, 7) is 3.85. The normalized spacial score (nSPS) is 15.7. The molecular formula is C7H13N3OS2. The summed E-state index contributed by atoms with van der Waals surface area (Å²) in [4.78, 5) is 0. The number of rotatable bonds is 4. The van der Waals surface area contributed by atoms with Crippen molar-refractivity contribution in [2.45, 2.75) is 29.5 Å². The number of nitrogens with zero attached hydrogens (tertiary/aromatic N) is 2. The Morgan fingerprint density at radius 3 is 2.69 bits per heavy atom. The van der Waals surface area contributed by atoms with Crippen LogP contribution in [0.1, 0.15) is 11.9 Å². The molecule has 1 aromatic rings. The van der Waals surface area contributed by atoms with Gasteiger partial charge in [0.15, 0.2) is 4.34 Å². The van der Waals surface area contributed by atoms with Crippen molar-refractivity contribution in [2.75, 3.05) is 6.61 Å². The van der Waals surface area contributed by atoms with Crippen LogP contribution in [-0.2, 0) is 0 Å². The molecule has 0 fully saturated rings. The quantitative estimate of drug-likeness (QED) is 0.727. The van der Waals surface area contributed by atoms with E-state index in [0.717, 1.165) is 9.35 Å². The molecule has 1 rings (SSSR count). The first-order valence-electron chi connectivity index (χ1n) is 3.96. The van der Waals surface area contributed by atoms with Crippen LogP contribution >= 0.6 is 23.1 Å². The van der Waals surface area contributed by atoms with E-state index < -0.39 is 0 Å². The molecule has 0 aliphatic heterocycles. The second kappa shape index (κ2) is 4.90. The number of hydrogen-bond donors (Lipinski definition) is 2. The average molecular weight is 219 g/mol. The zero-order valence-corrected chi connectivity index (χ0v) is 9.23. The van der Waals surface area contributed by atoms with Crippen LogP contribution in [0.3, 0.4) is 0 Å². The number of aromatic nitrogens is 2. The summed E-state index contributed by atoms with van der Waals surface area (Å²) in [5, 5.41) is 17.8. The monoisotopic (exact) mass is 219 g/mol. The minimum Gasteiger partial charge on any atom is -0.395 e. The Balaban J connectivity index is 2.56. The van der Waals surface area contributed by atoms with Crippen LogP contribution in [0.15, 0.2) is 4.34 Å². The third-order valence-corrected chi connectivity index (χ3v) is 3.86. The third kappa shape index (κ3) is 3.22. The lowest BCUT2D eigenvalue weighted by molar-refractivity contribution is 0.285. The van der Waals surface area contributed by atoms with Crippen molar-refractivity contribution in [2.24, 2.45) is 5.73 Å². The van der Waals surface area contributed by atoms with Gasteiger partial charge in [0, 0.05) is 11.3 Å². The molecule has 0 aliphatic carbocycles. The molecule has 4 nitrogen and oxygen atoms in total. The van der Waals surface area contributed by atoms with Gasteiger partial charge in [0.25, 0.3) is 0 Å². The van der Waals surface area contributed by atoms with E-state index in [1.807, 2.05) is 13.8 Å². The van der Waals surface area contributed by atoms with E-state index in [4.69, 9.17) is 10.8 Å². The summed E-state index contributed by atoms with van der Waals surface area (Å²) >= 11 is 3.01. The summed E-state index contributed by atoms with van der Waals surface area (Å²) in [5.74, 6) is 0. The number of hydrogen-bond acceptors (Lipinski definition) is 6. The SMILES string of the molecule is Cc1nnc(SC(CO)C(C)N)s1. The fourth-order valence-corrected chi connectivity index (χ4v) is 2.74. The highest BCUT2D eigenvalue weighted by atomic mass is 32.2. The van der Waals surface area contributed by atoms with Gasteiger partial charge in [-0.25, -0.2) is 0 Å². The number of aryl methyl sites for hydroxylation is 1. The maximum Gasteiger partial charge on any atom is 0.174 e.